The molecule has 1 heterocycles. The minimum absolute atomic E-state index is 0.114. The molecule has 2 aromatic rings. The molecule has 0 aliphatic heterocycles. The largest absolute Gasteiger partial charge is 0.378 e. The lowest BCUT2D eigenvalue weighted by molar-refractivity contribution is -0.553. The molecule has 1 fully saturated rings. The number of hydrogen-bond donors (Lipinski definition) is 2. The highest BCUT2D eigenvalue weighted by Crippen LogP contribution is 2.34. The minimum atomic E-state index is -0.563. The topological polar surface area (TPSA) is 93.2 Å². The van der Waals surface area contributed by atoms with Crippen LogP contribution in [0.3, 0.4) is 0 Å². The van der Waals surface area contributed by atoms with Crippen LogP contribution < -0.4 is 10.8 Å². The highest BCUT2D eigenvalue weighted by molar-refractivity contribution is 5.20. The number of nitrogens with zero attached hydrogens (tertiary/aromatic N) is 2. The fourth-order valence-electron chi connectivity index (χ4n) is 4.83. The second kappa shape index (κ2) is 16.2. The van der Waals surface area contributed by atoms with Crippen LogP contribution in [0, 0.1) is 28.4 Å². The summed E-state index contributed by atoms with van der Waals surface area (Å²) in [5, 5.41) is 18.1. The van der Waals surface area contributed by atoms with Crippen molar-refractivity contribution in [2.24, 2.45) is 13.0 Å². The maximum absolute atomic E-state index is 12.2. The summed E-state index contributed by atoms with van der Waals surface area (Å²) in [6, 6.07) is 12.3. The molecule has 37 heavy (non-hydrogen) atoms. The van der Waals surface area contributed by atoms with Crippen LogP contribution >= 0.6 is 0 Å². The molecule has 1 saturated carbocycles. The number of rotatable bonds is 12. The van der Waals surface area contributed by atoms with Crippen molar-refractivity contribution in [2.45, 2.75) is 96.9 Å². The molecule has 0 amide bonds. The number of alkyl halides is 1. The van der Waals surface area contributed by atoms with E-state index in [-0.39, 0.29) is 17.3 Å². The van der Waals surface area contributed by atoms with Crippen molar-refractivity contribution in [1.29, 1.82) is 5.41 Å². The Balaban J connectivity index is 0.000000364. The van der Waals surface area contributed by atoms with Crippen LogP contribution in [0.5, 0.6) is 0 Å². The zero-order valence-electron chi connectivity index (χ0n) is 22.9. The van der Waals surface area contributed by atoms with Crippen molar-refractivity contribution in [3.05, 3.63) is 74.9 Å². The number of hydrogen-bond acceptors (Lipinski definition) is 4. The lowest BCUT2D eigenvalue weighted by Crippen LogP contribution is -2.41. The van der Waals surface area contributed by atoms with Gasteiger partial charge in [0.15, 0.2) is 5.03 Å². The van der Waals surface area contributed by atoms with Gasteiger partial charge < -0.3 is 14.7 Å². The van der Waals surface area contributed by atoms with E-state index in [1.807, 2.05) is 18.5 Å². The summed E-state index contributed by atoms with van der Waals surface area (Å²) in [5.74, 6) is 0.788. The Morgan fingerprint density at radius 1 is 1.22 bits per heavy atom. The van der Waals surface area contributed by atoms with Crippen molar-refractivity contribution >= 4 is 0 Å². The fraction of sp³-hybridized carbons (Fsp3) is 0.621. The van der Waals surface area contributed by atoms with Gasteiger partial charge in [-0.2, -0.15) is 0 Å². The van der Waals surface area contributed by atoms with Crippen molar-refractivity contribution in [2.75, 3.05) is 6.61 Å². The number of nitrogens with one attached hydrogen (secondary N) is 2. The molecule has 2 atom stereocenters. The van der Waals surface area contributed by atoms with E-state index >= 15 is 0 Å². The van der Waals surface area contributed by atoms with Crippen LogP contribution in [0.1, 0.15) is 88.0 Å². The Kier molecular flexibility index (Phi) is 13.3. The van der Waals surface area contributed by atoms with Crippen molar-refractivity contribution in [1.82, 2.24) is 9.99 Å². The lowest BCUT2D eigenvalue weighted by Gasteiger charge is -2.30. The molecule has 1 aliphatic rings. The van der Waals surface area contributed by atoms with E-state index in [1.165, 1.54) is 5.56 Å². The maximum Gasteiger partial charge on any atom is 0.157 e. The number of unbranched alkanes of at least 4 members (excludes halogenated alkanes) is 2. The molecule has 8 heteroatoms. The molecule has 2 unspecified atom stereocenters. The molecular formula is C29H45FN4O3. The van der Waals surface area contributed by atoms with E-state index in [2.05, 4.69) is 49.6 Å². The maximum atomic E-state index is 12.2. The zero-order valence-corrected chi connectivity index (χ0v) is 22.9. The van der Waals surface area contributed by atoms with Crippen LogP contribution in [0.15, 0.2) is 42.6 Å². The Bertz CT molecular complexity index is 990. The second-order valence-electron chi connectivity index (χ2n) is 10.3. The molecule has 2 N–H and O–H groups in total. The number of aromatic nitrogens is 1. The Labute approximate surface area is 221 Å². The Hall–Kier alpha value is -2.74. The quantitative estimate of drug-likeness (QED) is 0.194. The van der Waals surface area contributed by atoms with Crippen LogP contribution in [0.25, 0.3) is 0 Å². The number of pyridine rings is 1. The van der Waals surface area contributed by atoms with Crippen molar-refractivity contribution in [3.63, 3.8) is 0 Å². The van der Waals surface area contributed by atoms with Gasteiger partial charge in [-0.15, -0.1) is 5.43 Å². The summed E-state index contributed by atoms with van der Waals surface area (Å²) in [5.41, 5.74) is 5.34. The molecule has 0 spiro atoms. The first-order valence-electron chi connectivity index (χ1n) is 13.6. The molecule has 0 saturated heterocycles. The molecule has 206 valence electrons. The number of ether oxygens (including phenoxy) is 1. The Morgan fingerprint density at radius 2 is 1.89 bits per heavy atom. The van der Waals surface area contributed by atoms with Gasteiger partial charge in [0.05, 0.1) is 24.1 Å². The van der Waals surface area contributed by atoms with Crippen LogP contribution in [-0.2, 0) is 18.5 Å². The van der Waals surface area contributed by atoms with Crippen LogP contribution in [0.4, 0.5) is 4.39 Å². The summed E-state index contributed by atoms with van der Waals surface area (Å²) in [6.07, 6.45) is 10.5. The monoisotopic (exact) mass is 516 g/mol. The van der Waals surface area contributed by atoms with Crippen LogP contribution in [-0.4, -0.2) is 28.4 Å². The predicted octanol–water partition coefficient (Wildman–Crippen LogP) is 6.38. The summed E-state index contributed by atoms with van der Waals surface area (Å²) >= 11 is 0. The van der Waals surface area contributed by atoms with E-state index < -0.39 is 11.7 Å². The highest BCUT2D eigenvalue weighted by atomic mass is 19.1. The first-order valence-corrected chi connectivity index (χ1v) is 13.6. The van der Waals surface area contributed by atoms with Gasteiger partial charge in [0.25, 0.3) is 0 Å². The SMILES string of the molecule is CCCCCC(N[N+](=O)[O-])C(C)COC1CCC(c2ccccc2)CC1.Cc1cc(=N)c(CF)cn1C. The van der Waals surface area contributed by atoms with Gasteiger partial charge in [0, 0.05) is 30.4 Å². The number of aryl methyl sites for hydroxylation is 2. The zero-order chi connectivity index (χ0) is 27.2. The summed E-state index contributed by atoms with van der Waals surface area (Å²) in [7, 11) is 1.84. The van der Waals surface area contributed by atoms with E-state index in [4.69, 9.17) is 10.1 Å². The Morgan fingerprint density at radius 3 is 2.49 bits per heavy atom. The van der Waals surface area contributed by atoms with Crippen molar-refractivity contribution < 1.29 is 14.2 Å². The number of halogens is 1. The summed E-state index contributed by atoms with van der Waals surface area (Å²) in [6.45, 7) is 6.13. The predicted molar refractivity (Wildman–Crippen MR) is 145 cm³/mol. The van der Waals surface area contributed by atoms with Gasteiger partial charge in [-0.05, 0) is 56.6 Å². The number of hydrazine groups is 1. The molecule has 3 rings (SSSR count). The average molecular weight is 517 g/mol. The first-order chi connectivity index (χ1) is 17.7. The molecule has 1 aromatic carbocycles. The highest BCUT2D eigenvalue weighted by Gasteiger charge is 2.26. The van der Waals surface area contributed by atoms with Gasteiger partial charge in [0.2, 0.25) is 0 Å². The van der Waals surface area contributed by atoms with E-state index in [9.17, 15) is 14.5 Å². The molecule has 7 nitrogen and oxygen atoms in total. The van der Waals surface area contributed by atoms with Crippen LogP contribution in [0.2, 0.25) is 0 Å². The molecule has 1 aliphatic carbocycles. The summed E-state index contributed by atoms with van der Waals surface area (Å²) in [4.78, 5) is 10.9. The third-order valence-corrected chi connectivity index (χ3v) is 7.37. The van der Waals surface area contributed by atoms with Gasteiger partial charge in [0.1, 0.15) is 6.67 Å². The second-order valence-corrected chi connectivity index (χ2v) is 10.3. The third kappa shape index (κ3) is 10.6. The fourth-order valence-corrected chi connectivity index (χ4v) is 4.83. The van der Waals surface area contributed by atoms with Gasteiger partial charge in [-0.25, -0.2) is 14.5 Å². The molecule has 1 aromatic heterocycles. The van der Waals surface area contributed by atoms with E-state index in [1.54, 1.807) is 12.3 Å². The van der Waals surface area contributed by atoms with E-state index in [0.717, 1.165) is 57.1 Å². The molecule has 0 radical (unpaired) electrons. The van der Waals surface area contributed by atoms with E-state index in [0.29, 0.717) is 24.2 Å². The first kappa shape index (κ1) is 30.5. The molecule has 0 bridgehead atoms. The number of benzene rings is 1. The van der Waals surface area contributed by atoms with Gasteiger partial charge in [-0.3, -0.25) is 0 Å². The number of nitro groups is 1. The van der Waals surface area contributed by atoms with Gasteiger partial charge >= 0.3 is 0 Å². The van der Waals surface area contributed by atoms with Crippen molar-refractivity contribution in [3.8, 4) is 0 Å². The summed E-state index contributed by atoms with van der Waals surface area (Å²) < 4.78 is 20.1. The standard InChI is InChI=1S/C21H34N2O3.C8H11FN2/c1-3-4-6-11-21(22-23(24)25)17(2)16-26-20-14-12-19(13-15-20)18-9-7-5-8-10-18;1-6-3-8(10)7(4-9)5-11(6)2/h5,7-10,17,19-22H,3-4,6,11-16H2,1-2H3;3,5,10H,4H2,1-2H3. The normalized spacial score (nSPS) is 18.8. The smallest absolute Gasteiger partial charge is 0.157 e. The lowest BCUT2D eigenvalue weighted by atomic mass is 9.83. The average Bonchev–Trinajstić information content (AvgIpc) is 2.90. The minimum Gasteiger partial charge on any atom is -0.378 e. The van der Waals surface area contributed by atoms with Gasteiger partial charge in [-0.1, -0.05) is 63.4 Å². The third-order valence-electron chi connectivity index (χ3n) is 7.37. The molecular weight excluding hydrogens is 471 g/mol.